The van der Waals surface area contributed by atoms with Gasteiger partial charge in [-0.1, -0.05) is 12.7 Å². The molecule has 0 aromatic heterocycles. The van der Waals surface area contributed by atoms with E-state index in [4.69, 9.17) is 4.74 Å². The number of ether oxygens (including phenoxy) is 1. The highest BCUT2D eigenvalue weighted by molar-refractivity contribution is 5.21. The zero-order chi connectivity index (χ0) is 6.85. The lowest BCUT2D eigenvalue weighted by Crippen LogP contribution is -2.08. The van der Waals surface area contributed by atoms with Gasteiger partial charge in [0, 0.05) is 0 Å². The molecule has 1 nitrogen and oxygen atoms in total. The van der Waals surface area contributed by atoms with Gasteiger partial charge in [-0.05, 0) is 25.0 Å². The minimum Gasteiger partial charge on any atom is -0.365 e. The Morgan fingerprint density at radius 3 is 2.78 bits per heavy atom. The fourth-order valence-electron chi connectivity index (χ4n) is 1.05. The lowest BCUT2D eigenvalue weighted by atomic mass is 10.1. The quantitative estimate of drug-likeness (QED) is 0.485. The van der Waals surface area contributed by atoms with Crippen LogP contribution in [0.25, 0.3) is 0 Å². The summed E-state index contributed by atoms with van der Waals surface area (Å²) in [5.74, 6) is 0. The third-order valence-corrected chi connectivity index (χ3v) is 1.53. The van der Waals surface area contributed by atoms with Crippen molar-refractivity contribution in [2.45, 2.75) is 20.0 Å². The monoisotopic (exact) mass is 124 g/mol. The number of hydrogen-bond acceptors (Lipinski definition) is 1. The summed E-state index contributed by atoms with van der Waals surface area (Å²) < 4.78 is 5.33. The summed E-state index contributed by atoms with van der Waals surface area (Å²) in [5.41, 5.74) is 2.39. The molecule has 0 aliphatic carbocycles. The largest absolute Gasteiger partial charge is 0.365 e. The van der Waals surface area contributed by atoms with Gasteiger partial charge in [0.2, 0.25) is 0 Å². The molecule has 50 valence electrons. The molecule has 0 saturated carbocycles. The van der Waals surface area contributed by atoms with Crippen molar-refractivity contribution in [3.05, 3.63) is 23.8 Å². The van der Waals surface area contributed by atoms with Crippen molar-refractivity contribution < 1.29 is 4.74 Å². The van der Waals surface area contributed by atoms with Crippen LogP contribution in [0.3, 0.4) is 0 Å². The van der Waals surface area contributed by atoms with Gasteiger partial charge >= 0.3 is 0 Å². The lowest BCUT2D eigenvalue weighted by Gasteiger charge is -2.10. The molecular formula is C8H12O. The first-order valence-corrected chi connectivity index (χ1v) is 3.15. The first kappa shape index (κ1) is 6.56. The molecule has 1 heterocycles. The average Bonchev–Trinajstić information content (AvgIpc) is 2.13. The topological polar surface area (TPSA) is 9.23 Å². The number of hydrogen-bond donors (Lipinski definition) is 0. The van der Waals surface area contributed by atoms with Gasteiger partial charge < -0.3 is 4.74 Å². The molecule has 1 aliphatic heterocycles. The summed E-state index contributed by atoms with van der Waals surface area (Å²) >= 11 is 0. The normalized spacial score (nSPS) is 26.0. The molecule has 0 bridgehead atoms. The van der Waals surface area contributed by atoms with E-state index in [9.17, 15) is 0 Å². The van der Waals surface area contributed by atoms with Crippen molar-refractivity contribution in [1.29, 1.82) is 0 Å². The molecule has 0 saturated heterocycles. The van der Waals surface area contributed by atoms with Crippen LogP contribution in [0.4, 0.5) is 0 Å². The van der Waals surface area contributed by atoms with Crippen LogP contribution >= 0.6 is 0 Å². The first-order valence-electron chi connectivity index (χ1n) is 3.15. The minimum atomic E-state index is 0.199. The summed E-state index contributed by atoms with van der Waals surface area (Å²) in [6.45, 7) is 8.64. The predicted octanol–water partition coefficient (Wildman–Crippen LogP) is 1.91. The summed E-state index contributed by atoms with van der Waals surface area (Å²) in [6, 6.07) is 0. The fourth-order valence-corrected chi connectivity index (χ4v) is 1.05. The predicted molar refractivity (Wildman–Crippen MR) is 38.3 cm³/mol. The minimum absolute atomic E-state index is 0.199. The van der Waals surface area contributed by atoms with Crippen LogP contribution in [0.15, 0.2) is 23.8 Å². The third-order valence-electron chi connectivity index (χ3n) is 1.53. The maximum Gasteiger partial charge on any atom is 0.0993 e. The maximum absolute atomic E-state index is 5.33. The molecule has 0 fully saturated rings. The Morgan fingerprint density at radius 2 is 2.56 bits per heavy atom. The van der Waals surface area contributed by atoms with Gasteiger partial charge in [0.25, 0.3) is 0 Å². The van der Waals surface area contributed by atoms with E-state index in [0.717, 1.165) is 12.2 Å². The van der Waals surface area contributed by atoms with Crippen LogP contribution in [0.1, 0.15) is 13.8 Å². The van der Waals surface area contributed by atoms with Crippen molar-refractivity contribution in [2.24, 2.45) is 0 Å². The Hall–Kier alpha value is -0.560. The van der Waals surface area contributed by atoms with E-state index in [0.29, 0.717) is 0 Å². The van der Waals surface area contributed by atoms with Gasteiger partial charge in [-0.25, -0.2) is 0 Å². The molecule has 0 spiro atoms. The Kier molecular flexibility index (Phi) is 1.72. The van der Waals surface area contributed by atoms with Crippen LogP contribution in [0, 0.1) is 0 Å². The van der Waals surface area contributed by atoms with Crippen molar-refractivity contribution in [3.8, 4) is 0 Å². The van der Waals surface area contributed by atoms with Gasteiger partial charge in [-0.3, -0.25) is 0 Å². The smallest absolute Gasteiger partial charge is 0.0993 e. The molecular weight excluding hydrogens is 112 g/mol. The molecule has 1 atom stereocenters. The molecule has 1 aliphatic rings. The van der Waals surface area contributed by atoms with Crippen LogP contribution < -0.4 is 0 Å². The molecule has 0 aromatic rings. The van der Waals surface area contributed by atoms with Crippen LogP contribution in [-0.2, 0) is 4.74 Å². The Labute approximate surface area is 56.0 Å². The van der Waals surface area contributed by atoms with E-state index in [1.807, 2.05) is 6.92 Å². The zero-order valence-electron chi connectivity index (χ0n) is 5.98. The first-order chi connectivity index (χ1) is 4.22. The van der Waals surface area contributed by atoms with Gasteiger partial charge in [0.1, 0.15) is 0 Å². The fraction of sp³-hybridized carbons (Fsp3) is 0.500. The van der Waals surface area contributed by atoms with Gasteiger partial charge in [-0.2, -0.15) is 0 Å². The van der Waals surface area contributed by atoms with Crippen molar-refractivity contribution in [2.75, 3.05) is 6.61 Å². The van der Waals surface area contributed by atoms with Crippen molar-refractivity contribution in [1.82, 2.24) is 0 Å². The van der Waals surface area contributed by atoms with E-state index in [1.165, 1.54) is 5.57 Å². The zero-order valence-corrected chi connectivity index (χ0v) is 5.98. The van der Waals surface area contributed by atoms with Crippen molar-refractivity contribution >= 4 is 0 Å². The second kappa shape index (κ2) is 2.36. The lowest BCUT2D eigenvalue weighted by molar-refractivity contribution is 0.148. The molecule has 0 unspecified atom stereocenters. The van der Waals surface area contributed by atoms with E-state index in [2.05, 4.69) is 19.6 Å². The molecule has 1 heteroatoms. The summed E-state index contributed by atoms with van der Waals surface area (Å²) in [7, 11) is 0. The third kappa shape index (κ3) is 1.22. The second-order valence-electron chi connectivity index (χ2n) is 2.51. The summed E-state index contributed by atoms with van der Waals surface area (Å²) in [5, 5.41) is 0. The summed E-state index contributed by atoms with van der Waals surface area (Å²) in [6.07, 6.45) is 2.30. The molecule has 1 rings (SSSR count). The highest BCUT2D eigenvalue weighted by Crippen LogP contribution is 2.18. The number of rotatable bonds is 1. The molecule has 0 amide bonds. The SMILES string of the molecule is C=C(C)[C@@H]1OCC=C1C. The van der Waals surface area contributed by atoms with E-state index < -0.39 is 0 Å². The van der Waals surface area contributed by atoms with Crippen LogP contribution in [0.2, 0.25) is 0 Å². The van der Waals surface area contributed by atoms with E-state index in [-0.39, 0.29) is 6.10 Å². The highest BCUT2D eigenvalue weighted by Gasteiger charge is 2.15. The van der Waals surface area contributed by atoms with Gasteiger partial charge in [0.15, 0.2) is 0 Å². The average molecular weight is 124 g/mol. The molecule has 0 radical (unpaired) electrons. The van der Waals surface area contributed by atoms with Crippen molar-refractivity contribution in [3.63, 3.8) is 0 Å². The second-order valence-corrected chi connectivity index (χ2v) is 2.51. The molecule has 0 N–H and O–H groups in total. The Bertz CT molecular complexity index is 156. The van der Waals surface area contributed by atoms with Crippen LogP contribution in [-0.4, -0.2) is 12.7 Å². The maximum atomic E-state index is 5.33. The highest BCUT2D eigenvalue weighted by atomic mass is 16.5. The Morgan fingerprint density at radius 1 is 1.89 bits per heavy atom. The molecule has 0 aromatic carbocycles. The Balaban J connectivity index is 2.63. The van der Waals surface area contributed by atoms with Gasteiger partial charge in [-0.15, -0.1) is 0 Å². The van der Waals surface area contributed by atoms with E-state index in [1.54, 1.807) is 0 Å². The molecule has 9 heavy (non-hydrogen) atoms. The van der Waals surface area contributed by atoms with E-state index >= 15 is 0 Å². The summed E-state index contributed by atoms with van der Waals surface area (Å²) in [4.78, 5) is 0. The van der Waals surface area contributed by atoms with Gasteiger partial charge in [0.05, 0.1) is 12.7 Å². The van der Waals surface area contributed by atoms with Crippen LogP contribution in [0.5, 0.6) is 0 Å². The standard InChI is InChI=1S/C8H12O/c1-6(2)8-7(3)4-5-9-8/h4,8H,1,5H2,2-3H3/t8-/m0/s1.